The van der Waals surface area contributed by atoms with Crippen LogP contribution in [0, 0.1) is 5.82 Å². The second kappa shape index (κ2) is 5.46. The molecule has 1 heterocycles. The number of benzene rings is 1. The molecule has 2 nitrogen and oxygen atoms in total. The molecule has 0 bridgehead atoms. The van der Waals surface area contributed by atoms with Crippen LogP contribution in [-0.4, -0.2) is 21.7 Å². The molecule has 0 saturated carbocycles. The van der Waals surface area contributed by atoms with Crippen molar-refractivity contribution in [3.8, 4) is 0 Å². The summed E-state index contributed by atoms with van der Waals surface area (Å²) in [4.78, 5) is 14.0. The summed E-state index contributed by atoms with van der Waals surface area (Å²) in [5.74, 6) is -0.430. The zero-order valence-corrected chi connectivity index (χ0v) is 11.1. The van der Waals surface area contributed by atoms with Crippen LogP contribution >= 0.6 is 24.0 Å². The normalized spacial score (nSPS) is 17.6. The second-order valence-corrected chi connectivity index (χ2v) is 5.31. The third kappa shape index (κ3) is 2.68. The molecular weight excluding hydrogens is 269 g/mol. The van der Waals surface area contributed by atoms with Crippen LogP contribution < -0.4 is 0 Å². The number of hydrogen-bond donors (Lipinski definition) is 0. The molecule has 0 spiro atoms. The lowest BCUT2D eigenvalue weighted by Crippen LogP contribution is -2.27. The Morgan fingerprint density at radius 3 is 2.67 bits per heavy atom. The van der Waals surface area contributed by atoms with Gasteiger partial charge in [-0.2, -0.15) is 0 Å². The average molecular weight is 279 g/mol. The predicted octanol–water partition coefficient (Wildman–Crippen LogP) is 3.21. The topological polar surface area (TPSA) is 20.3 Å². The molecule has 0 unspecified atom stereocenters. The van der Waals surface area contributed by atoms with E-state index in [4.69, 9.17) is 12.2 Å². The molecule has 1 saturated heterocycles. The predicted molar refractivity (Wildman–Crippen MR) is 76.5 cm³/mol. The van der Waals surface area contributed by atoms with Crippen LogP contribution in [0.25, 0.3) is 6.08 Å². The molecule has 1 aliphatic heterocycles. The van der Waals surface area contributed by atoms with Gasteiger partial charge in [0.25, 0.3) is 5.91 Å². The van der Waals surface area contributed by atoms with Crippen LogP contribution in [0.2, 0.25) is 0 Å². The van der Waals surface area contributed by atoms with Gasteiger partial charge in [-0.05, 0) is 23.8 Å². The fraction of sp³-hybridized carbons (Fsp3) is 0.0769. The number of nitrogens with zero attached hydrogens (tertiary/aromatic N) is 1. The summed E-state index contributed by atoms with van der Waals surface area (Å²) in [7, 11) is 0. The van der Waals surface area contributed by atoms with Gasteiger partial charge < -0.3 is 0 Å². The molecule has 0 radical (unpaired) electrons. The van der Waals surface area contributed by atoms with Gasteiger partial charge in [-0.15, -0.1) is 6.58 Å². The Kier molecular flexibility index (Phi) is 3.93. The first-order valence-electron chi connectivity index (χ1n) is 5.23. The second-order valence-electron chi connectivity index (χ2n) is 3.63. The number of carbonyl (C=O) groups is 1. The van der Waals surface area contributed by atoms with E-state index >= 15 is 0 Å². The molecule has 5 heteroatoms. The van der Waals surface area contributed by atoms with E-state index in [9.17, 15) is 9.18 Å². The fourth-order valence-corrected chi connectivity index (χ4v) is 2.77. The molecule has 18 heavy (non-hydrogen) atoms. The number of carbonyl (C=O) groups excluding carboxylic acids is 1. The molecule has 0 aromatic heterocycles. The largest absolute Gasteiger partial charge is 0.289 e. The van der Waals surface area contributed by atoms with E-state index in [0.29, 0.717) is 15.8 Å². The standard InChI is InChI=1S/C13H10FNOS2/c1-2-7-15-12(16)11(18-13(15)17)8-9-3-5-10(14)6-4-9/h2-6,8H,1,7H2/b11-8-. The minimum absolute atomic E-state index is 0.130. The van der Waals surface area contributed by atoms with Crippen LogP contribution in [0.3, 0.4) is 0 Å². The molecule has 1 aliphatic rings. The van der Waals surface area contributed by atoms with Crippen molar-refractivity contribution in [3.05, 3.63) is 53.2 Å². The summed E-state index contributed by atoms with van der Waals surface area (Å²) in [6.45, 7) is 4.00. The van der Waals surface area contributed by atoms with Crippen molar-refractivity contribution in [1.82, 2.24) is 4.90 Å². The minimum Gasteiger partial charge on any atom is -0.289 e. The highest BCUT2D eigenvalue weighted by Crippen LogP contribution is 2.32. The van der Waals surface area contributed by atoms with Gasteiger partial charge in [-0.25, -0.2) is 4.39 Å². The number of amides is 1. The van der Waals surface area contributed by atoms with Crippen molar-refractivity contribution >= 4 is 40.3 Å². The third-order valence-corrected chi connectivity index (χ3v) is 3.73. The molecule has 1 amide bonds. The smallest absolute Gasteiger partial charge is 0.266 e. The first kappa shape index (κ1) is 13.0. The van der Waals surface area contributed by atoms with Crippen molar-refractivity contribution in [1.29, 1.82) is 0 Å². The highest BCUT2D eigenvalue weighted by molar-refractivity contribution is 8.26. The summed E-state index contributed by atoms with van der Waals surface area (Å²) >= 11 is 6.36. The molecule has 1 aromatic carbocycles. The van der Waals surface area contributed by atoms with Crippen molar-refractivity contribution in [2.24, 2.45) is 0 Å². The van der Waals surface area contributed by atoms with Gasteiger partial charge in [0.2, 0.25) is 0 Å². The van der Waals surface area contributed by atoms with Gasteiger partial charge >= 0.3 is 0 Å². The first-order valence-corrected chi connectivity index (χ1v) is 6.46. The summed E-state index contributed by atoms with van der Waals surface area (Å²) in [6.07, 6.45) is 3.34. The lowest BCUT2D eigenvalue weighted by Gasteiger charge is -2.10. The number of thiocarbonyl (C=S) groups is 1. The van der Waals surface area contributed by atoms with Gasteiger partial charge in [0.15, 0.2) is 0 Å². The Hall–Kier alpha value is -1.46. The quantitative estimate of drug-likeness (QED) is 0.481. The summed E-state index contributed by atoms with van der Waals surface area (Å²) < 4.78 is 13.3. The van der Waals surface area contributed by atoms with Gasteiger partial charge in [0, 0.05) is 6.54 Å². The molecule has 0 atom stereocenters. The van der Waals surface area contributed by atoms with Gasteiger partial charge in [0.1, 0.15) is 10.1 Å². The van der Waals surface area contributed by atoms with Crippen LogP contribution in [-0.2, 0) is 4.79 Å². The van der Waals surface area contributed by atoms with E-state index in [1.165, 1.54) is 28.8 Å². The number of rotatable bonds is 3. The highest BCUT2D eigenvalue weighted by atomic mass is 32.2. The van der Waals surface area contributed by atoms with E-state index in [1.807, 2.05) is 0 Å². The number of hydrogen-bond acceptors (Lipinski definition) is 3. The van der Waals surface area contributed by atoms with Gasteiger partial charge in [-0.3, -0.25) is 9.69 Å². The zero-order chi connectivity index (χ0) is 13.1. The maximum absolute atomic E-state index is 12.8. The highest BCUT2D eigenvalue weighted by Gasteiger charge is 2.30. The molecule has 1 aromatic rings. The van der Waals surface area contributed by atoms with E-state index in [2.05, 4.69) is 6.58 Å². The van der Waals surface area contributed by atoms with Crippen LogP contribution in [0.4, 0.5) is 4.39 Å². The van der Waals surface area contributed by atoms with Crippen molar-refractivity contribution < 1.29 is 9.18 Å². The maximum atomic E-state index is 12.8. The summed E-state index contributed by atoms with van der Waals surface area (Å²) in [5.41, 5.74) is 0.774. The van der Waals surface area contributed by atoms with Crippen molar-refractivity contribution in [2.75, 3.05) is 6.54 Å². The van der Waals surface area contributed by atoms with E-state index in [1.54, 1.807) is 24.3 Å². The molecule has 2 rings (SSSR count). The van der Waals surface area contributed by atoms with Crippen molar-refractivity contribution in [3.63, 3.8) is 0 Å². The van der Waals surface area contributed by atoms with E-state index in [-0.39, 0.29) is 11.7 Å². The monoisotopic (exact) mass is 279 g/mol. The van der Waals surface area contributed by atoms with Gasteiger partial charge in [0.05, 0.1) is 4.91 Å². The SMILES string of the molecule is C=CCN1C(=O)/C(=C/c2ccc(F)cc2)SC1=S. The van der Waals surface area contributed by atoms with Crippen LogP contribution in [0.1, 0.15) is 5.56 Å². The summed E-state index contributed by atoms with van der Waals surface area (Å²) in [6, 6.07) is 5.96. The number of thioether (sulfide) groups is 1. The third-order valence-electron chi connectivity index (χ3n) is 2.35. The molecule has 1 fully saturated rings. The summed E-state index contributed by atoms with van der Waals surface area (Å²) in [5, 5.41) is 0. The molecule has 0 aliphatic carbocycles. The zero-order valence-electron chi connectivity index (χ0n) is 9.43. The molecular formula is C13H10FNOS2. The van der Waals surface area contributed by atoms with Crippen LogP contribution in [0.5, 0.6) is 0 Å². The number of halogens is 1. The molecule has 0 N–H and O–H groups in total. The van der Waals surface area contributed by atoms with Crippen molar-refractivity contribution in [2.45, 2.75) is 0 Å². The van der Waals surface area contributed by atoms with E-state index in [0.717, 1.165) is 5.56 Å². The minimum atomic E-state index is -0.300. The fourth-order valence-electron chi connectivity index (χ4n) is 1.50. The average Bonchev–Trinajstić information content (AvgIpc) is 2.60. The van der Waals surface area contributed by atoms with Gasteiger partial charge in [-0.1, -0.05) is 42.2 Å². The Morgan fingerprint density at radius 1 is 1.39 bits per heavy atom. The lowest BCUT2D eigenvalue weighted by molar-refractivity contribution is -0.121. The Labute approximate surface area is 114 Å². The molecule has 92 valence electrons. The maximum Gasteiger partial charge on any atom is 0.266 e. The Morgan fingerprint density at radius 2 is 2.06 bits per heavy atom. The first-order chi connectivity index (χ1) is 8.61. The Bertz CT molecular complexity index is 536. The van der Waals surface area contributed by atoms with E-state index < -0.39 is 0 Å². The Balaban J connectivity index is 2.24. The lowest BCUT2D eigenvalue weighted by atomic mass is 10.2. The van der Waals surface area contributed by atoms with Crippen LogP contribution in [0.15, 0.2) is 41.8 Å².